The molecule has 2 heteroatoms. The van der Waals surface area contributed by atoms with Gasteiger partial charge in [-0.15, -0.1) is 11.8 Å². The Kier molecular flexibility index (Phi) is 4.09. The van der Waals surface area contributed by atoms with Crippen LogP contribution >= 0.6 is 11.8 Å². The van der Waals surface area contributed by atoms with Gasteiger partial charge in [0.25, 0.3) is 0 Å². The molecule has 0 amide bonds. The molecule has 1 heterocycles. The second-order valence-electron chi connectivity index (χ2n) is 4.36. The topological polar surface area (TPSA) is 12.0 Å². The first-order valence-corrected chi connectivity index (χ1v) is 6.78. The molecule has 1 aliphatic rings. The normalized spacial score (nSPS) is 26.5. The van der Waals surface area contributed by atoms with Crippen molar-refractivity contribution in [1.82, 2.24) is 5.32 Å². The highest BCUT2D eigenvalue weighted by Gasteiger charge is 2.17. The van der Waals surface area contributed by atoms with Crippen LogP contribution in [0.15, 0.2) is 30.3 Å². The lowest BCUT2D eigenvalue weighted by Gasteiger charge is -2.27. The summed E-state index contributed by atoms with van der Waals surface area (Å²) in [6.07, 6.45) is 2.45. The number of aryl methyl sites for hydroxylation is 1. The van der Waals surface area contributed by atoms with Crippen molar-refractivity contribution < 1.29 is 0 Å². The zero-order chi connectivity index (χ0) is 10.5. The van der Waals surface area contributed by atoms with Crippen LogP contribution in [0.25, 0.3) is 0 Å². The standard InChI is InChI=1S/C13H19NS/c1-11-9-14-13(15-10-11)8-7-12-5-3-2-4-6-12/h2-6,11,13-14H,7-10H2,1H3. The van der Waals surface area contributed by atoms with Crippen LogP contribution in [-0.4, -0.2) is 17.7 Å². The molecule has 2 unspecified atom stereocenters. The minimum absolute atomic E-state index is 0.668. The summed E-state index contributed by atoms with van der Waals surface area (Å²) in [5.41, 5.74) is 1.46. The molecule has 1 aliphatic heterocycles. The lowest BCUT2D eigenvalue weighted by molar-refractivity contribution is 0.505. The van der Waals surface area contributed by atoms with E-state index in [0.29, 0.717) is 5.37 Å². The molecule has 0 aliphatic carbocycles. The molecule has 82 valence electrons. The molecule has 1 fully saturated rings. The first-order chi connectivity index (χ1) is 7.34. The van der Waals surface area contributed by atoms with Gasteiger partial charge < -0.3 is 5.32 Å². The van der Waals surface area contributed by atoms with Gasteiger partial charge in [0.05, 0.1) is 5.37 Å². The molecule has 1 aromatic rings. The number of benzene rings is 1. The van der Waals surface area contributed by atoms with E-state index >= 15 is 0 Å². The van der Waals surface area contributed by atoms with E-state index in [1.54, 1.807) is 0 Å². The summed E-state index contributed by atoms with van der Waals surface area (Å²) in [6, 6.07) is 10.8. The highest BCUT2D eigenvalue weighted by atomic mass is 32.2. The molecular weight excluding hydrogens is 202 g/mol. The van der Waals surface area contributed by atoms with Crippen LogP contribution in [0.4, 0.5) is 0 Å². The highest BCUT2D eigenvalue weighted by Crippen LogP contribution is 2.22. The van der Waals surface area contributed by atoms with E-state index < -0.39 is 0 Å². The monoisotopic (exact) mass is 221 g/mol. The molecular formula is C13H19NS. The van der Waals surface area contributed by atoms with Gasteiger partial charge in [-0.2, -0.15) is 0 Å². The van der Waals surface area contributed by atoms with Crippen molar-refractivity contribution in [2.45, 2.75) is 25.1 Å². The fourth-order valence-corrected chi connectivity index (χ4v) is 3.04. The fraction of sp³-hybridized carbons (Fsp3) is 0.538. The van der Waals surface area contributed by atoms with Crippen molar-refractivity contribution >= 4 is 11.8 Å². The summed E-state index contributed by atoms with van der Waals surface area (Å²) in [5, 5.41) is 4.27. The Balaban J connectivity index is 1.74. The molecule has 0 saturated carbocycles. The Morgan fingerprint density at radius 1 is 1.33 bits per heavy atom. The van der Waals surface area contributed by atoms with E-state index in [-0.39, 0.29) is 0 Å². The minimum atomic E-state index is 0.668. The van der Waals surface area contributed by atoms with Gasteiger partial charge in [-0.3, -0.25) is 0 Å². The van der Waals surface area contributed by atoms with Gasteiger partial charge in [0.1, 0.15) is 0 Å². The van der Waals surface area contributed by atoms with Crippen molar-refractivity contribution in [3.63, 3.8) is 0 Å². The van der Waals surface area contributed by atoms with Gasteiger partial charge in [-0.05, 0) is 36.6 Å². The maximum atomic E-state index is 3.60. The zero-order valence-electron chi connectivity index (χ0n) is 9.28. The van der Waals surface area contributed by atoms with Crippen LogP contribution < -0.4 is 5.32 Å². The molecule has 1 saturated heterocycles. The van der Waals surface area contributed by atoms with E-state index in [1.165, 1.54) is 30.7 Å². The molecule has 1 N–H and O–H groups in total. The molecule has 0 radical (unpaired) electrons. The van der Waals surface area contributed by atoms with E-state index in [2.05, 4.69) is 54.3 Å². The van der Waals surface area contributed by atoms with E-state index in [0.717, 1.165) is 5.92 Å². The summed E-state index contributed by atoms with van der Waals surface area (Å²) in [4.78, 5) is 0. The van der Waals surface area contributed by atoms with Gasteiger partial charge >= 0.3 is 0 Å². The second kappa shape index (κ2) is 5.57. The van der Waals surface area contributed by atoms with E-state index in [4.69, 9.17) is 0 Å². The fourth-order valence-electron chi connectivity index (χ4n) is 1.86. The molecule has 15 heavy (non-hydrogen) atoms. The van der Waals surface area contributed by atoms with Crippen molar-refractivity contribution in [2.24, 2.45) is 5.92 Å². The molecule has 0 bridgehead atoms. The van der Waals surface area contributed by atoms with Gasteiger partial charge in [0, 0.05) is 0 Å². The van der Waals surface area contributed by atoms with Crippen LogP contribution in [-0.2, 0) is 6.42 Å². The Labute approximate surface area is 96.7 Å². The molecule has 1 nitrogen and oxygen atoms in total. The van der Waals surface area contributed by atoms with Crippen molar-refractivity contribution in [3.05, 3.63) is 35.9 Å². The third-order valence-electron chi connectivity index (χ3n) is 2.81. The first kappa shape index (κ1) is 11.0. The second-order valence-corrected chi connectivity index (χ2v) is 5.60. The minimum Gasteiger partial charge on any atom is -0.305 e. The lowest BCUT2D eigenvalue weighted by atomic mass is 10.1. The van der Waals surface area contributed by atoms with E-state index in [9.17, 15) is 0 Å². The quantitative estimate of drug-likeness (QED) is 0.842. The number of thioether (sulfide) groups is 1. The lowest BCUT2D eigenvalue weighted by Crippen LogP contribution is -2.36. The van der Waals surface area contributed by atoms with Gasteiger partial charge in [-0.25, -0.2) is 0 Å². The third-order valence-corrected chi connectivity index (χ3v) is 4.38. The van der Waals surface area contributed by atoms with Crippen molar-refractivity contribution in [2.75, 3.05) is 12.3 Å². The van der Waals surface area contributed by atoms with Crippen LogP contribution in [0.5, 0.6) is 0 Å². The first-order valence-electron chi connectivity index (χ1n) is 5.73. The molecule has 2 rings (SSSR count). The van der Waals surface area contributed by atoms with Gasteiger partial charge in [0.15, 0.2) is 0 Å². The third kappa shape index (κ3) is 3.54. The number of hydrogen-bond donors (Lipinski definition) is 1. The highest BCUT2D eigenvalue weighted by molar-refractivity contribution is 7.99. The summed E-state index contributed by atoms with van der Waals surface area (Å²) < 4.78 is 0. The largest absolute Gasteiger partial charge is 0.305 e. The van der Waals surface area contributed by atoms with Crippen LogP contribution in [0.1, 0.15) is 18.9 Å². The van der Waals surface area contributed by atoms with Crippen molar-refractivity contribution in [3.8, 4) is 0 Å². The van der Waals surface area contributed by atoms with Gasteiger partial charge in [-0.1, -0.05) is 37.3 Å². The average molecular weight is 221 g/mol. The summed E-state index contributed by atoms with van der Waals surface area (Å²) in [6.45, 7) is 3.50. The Morgan fingerprint density at radius 2 is 2.13 bits per heavy atom. The van der Waals surface area contributed by atoms with E-state index in [1.807, 2.05) is 0 Å². The summed E-state index contributed by atoms with van der Waals surface area (Å²) in [5.74, 6) is 2.15. The van der Waals surface area contributed by atoms with Gasteiger partial charge in [0.2, 0.25) is 0 Å². The average Bonchev–Trinajstić information content (AvgIpc) is 2.30. The maximum Gasteiger partial charge on any atom is 0.0535 e. The SMILES string of the molecule is CC1CNC(CCc2ccccc2)SC1. The molecule has 2 atom stereocenters. The predicted octanol–water partition coefficient (Wildman–Crippen LogP) is 2.92. The van der Waals surface area contributed by atoms with Crippen molar-refractivity contribution in [1.29, 1.82) is 0 Å². The molecule has 0 spiro atoms. The maximum absolute atomic E-state index is 3.60. The summed E-state index contributed by atoms with van der Waals surface area (Å²) >= 11 is 2.08. The Hall–Kier alpha value is -0.470. The molecule has 1 aromatic carbocycles. The number of rotatable bonds is 3. The number of hydrogen-bond acceptors (Lipinski definition) is 2. The Bertz CT molecular complexity index is 278. The van der Waals surface area contributed by atoms with Crippen LogP contribution in [0, 0.1) is 5.92 Å². The number of nitrogens with one attached hydrogen (secondary N) is 1. The predicted molar refractivity (Wildman–Crippen MR) is 68.2 cm³/mol. The molecule has 0 aromatic heterocycles. The van der Waals surface area contributed by atoms with Crippen LogP contribution in [0.2, 0.25) is 0 Å². The Morgan fingerprint density at radius 3 is 2.80 bits per heavy atom. The van der Waals surface area contributed by atoms with Crippen LogP contribution in [0.3, 0.4) is 0 Å². The zero-order valence-corrected chi connectivity index (χ0v) is 10.1. The smallest absolute Gasteiger partial charge is 0.0535 e. The summed E-state index contributed by atoms with van der Waals surface area (Å²) in [7, 11) is 0.